The number of nitrogen functional groups attached to an aromatic ring is 1. The van der Waals surface area contributed by atoms with Gasteiger partial charge in [-0.1, -0.05) is 35.9 Å². The zero-order chi connectivity index (χ0) is 14.5. The first-order chi connectivity index (χ1) is 9.58. The fourth-order valence-electron chi connectivity index (χ4n) is 2.12. The van der Waals surface area contributed by atoms with E-state index in [1.165, 1.54) is 17.2 Å². The summed E-state index contributed by atoms with van der Waals surface area (Å²) in [5.74, 6) is 0. The molecule has 5 nitrogen and oxygen atoms in total. The third kappa shape index (κ3) is 3.26. The van der Waals surface area contributed by atoms with E-state index in [1.54, 1.807) is 12.1 Å². The fourth-order valence-corrected chi connectivity index (χ4v) is 2.12. The maximum absolute atomic E-state index is 11.0. The lowest BCUT2D eigenvalue weighted by molar-refractivity contribution is -0.383. The maximum atomic E-state index is 11.0. The number of nitrogens with two attached hydrogens (primary N) is 1. The Morgan fingerprint density at radius 3 is 2.70 bits per heavy atom. The molecule has 0 spiro atoms. The van der Waals surface area contributed by atoms with Crippen molar-refractivity contribution in [3.63, 3.8) is 0 Å². The third-order valence-electron chi connectivity index (χ3n) is 3.06. The van der Waals surface area contributed by atoms with E-state index in [9.17, 15) is 10.1 Å². The number of nitrogens with one attached hydrogen (secondary N) is 1. The van der Waals surface area contributed by atoms with Crippen LogP contribution in [0.3, 0.4) is 0 Å². The lowest BCUT2D eigenvalue weighted by atomic mass is 10.1. The molecular weight excluding hydrogens is 254 g/mol. The number of hydrogen-bond acceptors (Lipinski definition) is 4. The molecule has 0 heterocycles. The number of aryl methyl sites for hydroxylation is 1. The van der Waals surface area contributed by atoms with Gasteiger partial charge in [0.2, 0.25) is 0 Å². The molecule has 0 aromatic heterocycles. The molecule has 0 aliphatic rings. The van der Waals surface area contributed by atoms with Gasteiger partial charge < -0.3 is 11.1 Å². The zero-order valence-electron chi connectivity index (χ0n) is 11.3. The van der Waals surface area contributed by atoms with Crippen molar-refractivity contribution in [2.24, 2.45) is 0 Å². The second-order valence-electron chi connectivity index (χ2n) is 4.67. The van der Waals surface area contributed by atoms with Crippen LogP contribution in [0, 0.1) is 17.0 Å². The van der Waals surface area contributed by atoms with Gasteiger partial charge in [-0.15, -0.1) is 0 Å². The molecule has 2 rings (SSSR count). The average molecular weight is 271 g/mol. The summed E-state index contributed by atoms with van der Waals surface area (Å²) in [6, 6.07) is 13.1. The predicted molar refractivity (Wildman–Crippen MR) is 80.9 cm³/mol. The molecule has 0 aliphatic heterocycles. The molecule has 2 aromatic rings. The van der Waals surface area contributed by atoms with E-state index in [1.807, 2.05) is 25.1 Å². The summed E-state index contributed by atoms with van der Waals surface area (Å²) in [5, 5.41) is 14.1. The number of benzene rings is 2. The van der Waals surface area contributed by atoms with E-state index in [0.717, 1.165) is 6.42 Å². The van der Waals surface area contributed by atoms with Gasteiger partial charge in [-0.2, -0.15) is 0 Å². The van der Waals surface area contributed by atoms with Crippen LogP contribution >= 0.6 is 0 Å². The molecule has 0 unspecified atom stereocenters. The third-order valence-corrected chi connectivity index (χ3v) is 3.06. The largest absolute Gasteiger partial charge is 0.393 e. The second-order valence-corrected chi connectivity index (χ2v) is 4.67. The number of nitro benzene ring substituents is 1. The van der Waals surface area contributed by atoms with Crippen LogP contribution in [-0.4, -0.2) is 11.5 Å². The van der Waals surface area contributed by atoms with Gasteiger partial charge in [0.25, 0.3) is 0 Å². The number of hydrogen-bond donors (Lipinski definition) is 2. The van der Waals surface area contributed by atoms with Crippen molar-refractivity contribution >= 4 is 17.1 Å². The van der Waals surface area contributed by atoms with E-state index in [0.29, 0.717) is 12.2 Å². The highest BCUT2D eigenvalue weighted by Gasteiger charge is 2.16. The molecule has 0 radical (unpaired) electrons. The van der Waals surface area contributed by atoms with Gasteiger partial charge in [0, 0.05) is 6.54 Å². The number of nitrogens with zero attached hydrogens (tertiary/aromatic N) is 1. The van der Waals surface area contributed by atoms with Gasteiger partial charge >= 0.3 is 5.69 Å². The minimum absolute atomic E-state index is 0.0586. The first kappa shape index (κ1) is 13.9. The van der Waals surface area contributed by atoms with Crippen LogP contribution in [-0.2, 0) is 6.42 Å². The quantitative estimate of drug-likeness (QED) is 0.497. The van der Waals surface area contributed by atoms with E-state index in [2.05, 4.69) is 11.4 Å². The van der Waals surface area contributed by atoms with Gasteiger partial charge in [-0.3, -0.25) is 10.1 Å². The van der Waals surface area contributed by atoms with Crippen LogP contribution < -0.4 is 11.1 Å². The van der Waals surface area contributed by atoms with E-state index in [-0.39, 0.29) is 11.4 Å². The Hall–Kier alpha value is -2.56. The van der Waals surface area contributed by atoms with Gasteiger partial charge in [0.05, 0.1) is 4.92 Å². The Bertz CT molecular complexity index is 626. The lowest BCUT2D eigenvalue weighted by Gasteiger charge is -2.08. The fraction of sp³-hybridized carbons (Fsp3) is 0.200. The highest BCUT2D eigenvalue weighted by molar-refractivity contribution is 5.74. The van der Waals surface area contributed by atoms with Crippen molar-refractivity contribution in [3.8, 4) is 0 Å². The normalized spacial score (nSPS) is 10.2. The Morgan fingerprint density at radius 1 is 1.25 bits per heavy atom. The van der Waals surface area contributed by atoms with Crippen molar-refractivity contribution in [2.75, 3.05) is 17.6 Å². The SMILES string of the molecule is Cc1cccc(CCNc2cccc(N)c2[N+](=O)[O-])c1. The number of nitro groups is 1. The number of rotatable bonds is 5. The molecule has 0 atom stereocenters. The first-order valence-electron chi connectivity index (χ1n) is 6.40. The van der Waals surface area contributed by atoms with Gasteiger partial charge in [-0.25, -0.2) is 0 Å². The number of para-hydroxylation sites is 1. The second kappa shape index (κ2) is 6.06. The van der Waals surface area contributed by atoms with Crippen molar-refractivity contribution < 1.29 is 4.92 Å². The summed E-state index contributed by atoms with van der Waals surface area (Å²) in [6.07, 6.45) is 0.799. The smallest absolute Gasteiger partial charge is 0.314 e. The molecular formula is C15H17N3O2. The molecule has 0 amide bonds. The summed E-state index contributed by atoms with van der Waals surface area (Å²) in [5.41, 5.74) is 8.63. The molecule has 0 bridgehead atoms. The van der Waals surface area contributed by atoms with E-state index < -0.39 is 4.92 Å². The predicted octanol–water partition coefficient (Wildman–Crippen LogP) is 3.14. The summed E-state index contributed by atoms with van der Waals surface area (Å²) in [6.45, 7) is 2.66. The average Bonchev–Trinajstić information content (AvgIpc) is 2.38. The lowest BCUT2D eigenvalue weighted by Crippen LogP contribution is -2.08. The zero-order valence-corrected chi connectivity index (χ0v) is 11.3. The first-order valence-corrected chi connectivity index (χ1v) is 6.40. The van der Waals surface area contributed by atoms with Crippen LogP contribution in [0.5, 0.6) is 0 Å². The topological polar surface area (TPSA) is 81.2 Å². The van der Waals surface area contributed by atoms with Crippen LogP contribution in [0.1, 0.15) is 11.1 Å². The summed E-state index contributed by atoms with van der Waals surface area (Å²) in [7, 11) is 0. The Kier molecular flexibility index (Phi) is 4.20. The van der Waals surface area contributed by atoms with Crippen molar-refractivity contribution in [1.82, 2.24) is 0 Å². The van der Waals surface area contributed by atoms with Gasteiger partial charge in [0.15, 0.2) is 0 Å². The Morgan fingerprint density at radius 2 is 2.00 bits per heavy atom. The van der Waals surface area contributed by atoms with Gasteiger partial charge in [0.1, 0.15) is 11.4 Å². The summed E-state index contributed by atoms with van der Waals surface area (Å²) < 4.78 is 0. The molecule has 0 saturated heterocycles. The molecule has 0 aliphatic carbocycles. The van der Waals surface area contributed by atoms with E-state index in [4.69, 9.17) is 5.73 Å². The van der Waals surface area contributed by atoms with Crippen LogP contribution in [0.25, 0.3) is 0 Å². The van der Waals surface area contributed by atoms with Crippen molar-refractivity contribution in [1.29, 1.82) is 0 Å². The molecule has 0 saturated carbocycles. The molecule has 3 N–H and O–H groups in total. The maximum Gasteiger partial charge on any atom is 0.314 e. The highest BCUT2D eigenvalue weighted by atomic mass is 16.6. The van der Waals surface area contributed by atoms with Crippen LogP contribution in [0.2, 0.25) is 0 Å². The molecule has 5 heteroatoms. The minimum Gasteiger partial charge on any atom is -0.393 e. The monoisotopic (exact) mass is 271 g/mol. The minimum atomic E-state index is -0.454. The Balaban J connectivity index is 2.05. The molecule has 104 valence electrons. The Labute approximate surface area is 117 Å². The van der Waals surface area contributed by atoms with E-state index >= 15 is 0 Å². The van der Waals surface area contributed by atoms with Crippen molar-refractivity contribution in [3.05, 3.63) is 63.7 Å². The standard InChI is InChI=1S/C15H17N3O2/c1-11-4-2-5-12(10-11)8-9-17-14-7-3-6-13(16)15(14)18(19)20/h2-7,10,17H,8-9,16H2,1H3. The highest BCUT2D eigenvalue weighted by Crippen LogP contribution is 2.30. The summed E-state index contributed by atoms with van der Waals surface area (Å²) >= 11 is 0. The molecule has 2 aromatic carbocycles. The van der Waals surface area contributed by atoms with Crippen LogP contribution in [0.15, 0.2) is 42.5 Å². The molecule has 0 fully saturated rings. The molecule has 20 heavy (non-hydrogen) atoms. The van der Waals surface area contributed by atoms with Crippen molar-refractivity contribution in [2.45, 2.75) is 13.3 Å². The van der Waals surface area contributed by atoms with Crippen LogP contribution in [0.4, 0.5) is 17.1 Å². The number of anilines is 2. The summed E-state index contributed by atoms with van der Waals surface area (Å²) in [4.78, 5) is 10.6. The van der Waals surface area contributed by atoms with Gasteiger partial charge in [-0.05, 0) is 31.0 Å².